The summed E-state index contributed by atoms with van der Waals surface area (Å²) in [5.41, 5.74) is 4.00. The van der Waals surface area contributed by atoms with Gasteiger partial charge in [0.15, 0.2) is 0 Å². The van der Waals surface area contributed by atoms with E-state index in [1.807, 2.05) is 0 Å². The molecule has 0 aliphatic heterocycles. The first-order valence-corrected chi connectivity index (χ1v) is 4.33. The van der Waals surface area contributed by atoms with E-state index in [9.17, 15) is 4.79 Å². The fraction of sp³-hybridized carbons (Fsp3) is 0.875. The molecule has 0 aromatic heterocycles. The molecule has 0 aliphatic rings. The summed E-state index contributed by atoms with van der Waals surface area (Å²) in [6, 6.07) is 0. The highest BCUT2D eigenvalue weighted by Crippen LogP contribution is 1.93. The number of carbonyl (C=O) groups is 1. The van der Waals surface area contributed by atoms with Crippen LogP contribution in [0.15, 0.2) is 0 Å². The molecule has 4 heteroatoms. The van der Waals surface area contributed by atoms with Gasteiger partial charge in [0, 0.05) is 5.88 Å². The lowest BCUT2D eigenvalue weighted by Gasteiger charge is -2.09. The van der Waals surface area contributed by atoms with Crippen LogP contribution in [0.3, 0.4) is 0 Å². The molecule has 74 valence electrons. The van der Waals surface area contributed by atoms with Crippen LogP contribution in [-0.2, 0) is 4.79 Å². The Balaban J connectivity index is 0. The van der Waals surface area contributed by atoms with E-state index in [4.69, 9.17) is 22.4 Å². The van der Waals surface area contributed by atoms with Gasteiger partial charge >= 0.3 is 5.97 Å². The number of aliphatic carboxylic acids is 1. The van der Waals surface area contributed by atoms with Gasteiger partial charge in [0.25, 0.3) is 0 Å². The van der Waals surface area contributed by atoms with E-state index in [2.05, 4.69) is 13.8 Å². The van der Waals surface area contributed by atoms with Gasteiger partial charge in [0.05, 0.1) is 0 Å². The van der Waals surface area contributed by atoms with Crippen molar-refractivity contribution in [3.63, 3.8) is 0 Å². The second kappa shape index (κ2) is 6.26. The van der Waals surface area contributed by atoms with E-state index in [-0.39, 0.29) is 0 Å². The first-order chi connectivity index (χ1) is 5.21. The monoisotopic (exact) mass is 195 g/mol. The maximum absolute atomic E-state index is 9.90. The molecule has 0 fully saturated rings. The van der Waals surface area contributed by atoms with E-state index < -0.39 is 11.5 Å². The lowest BCUT2D eigenvalue weighted by molar-refractivity contribution is -0.141. The lowest BCUT2D eigenvalue weighted by Crippen LogP contribution is -2.41. The molecule has 0 saturated carbocycles. The summed E-state index contributed by atoms with van der Waals surface area (Å²) >= 11 is 5.34. The molecule has 0 unspecified atom stereocenters. The van der Waals surface area contributed by atoms with Crippen molar-refractivity contribution in [3.8, 4) is 0 Å². The number of carboxylic acid groups (broad SMARTS) is 1. The topological polar surface area (TPSA) is 63.3 Å². The highest BCUT2D eigenvalue weighted by atomic mass is 35.5. The van der Waals surface area contributed by atoms with Crippen molar-refractivity contribution in [3.05, 3.63) is 0 Å². The summed E-state index contributed by atoms with van der Waals surface area (Å²) in [7, 11) is 0. The summed E-state index contributed by atoms with van der Waals surface area (Å²) < 4.78 is 0. The molecule has 0 aromatic rings. The van der Waals surface area contributed by atoms with Gasteiger partial charge in [-0.2, -0.15) is 0 Å². The van der Waals surface area contributed by atoms with Crippen molar-refractivity contribution < 1.29 is 9.90 Å². The standard InChI is InChI=1S/C4H9Cl.C4H9NO2/c1-4(2)3-5;1-4(2,5)3(6)7/h4H,3H2,1-2H3;5H2,1-2H3,(H,6,7). The van der Waals surface area contributed by atoms with E-state index in [1.54, 1.807) is 0 Å². The largest absolute Gasteiger partial charge is 0.480 e. The van der Waals surface area contributed by atoms with Crippen LogP contribution in [-0.4, -0.2) is 22.5 Å². The first kappa shape index (κ1) is 14.3. The molecule has 0 amide bonds. The minimum Gasteiger partial charge on any atom is -0.480 e. The van der Waals surface area contributed by atoms with Crippen LogP contribution in [0.2, 0.25) is 0 Å². The zero-order valence-electron chi connectivity index (χ0n) is 8.10. The Morgan fingerprint density at radius 2 is 1.75 bits per heavy atom. The van der Waals surface area contributed by atoms with Crippen molar-refractivity contribution in [1.29, 1.82) is 0 Å². The molecule has 0 saturated heterocycles. The molecule has 0 atom stereocenters. The van der Waals surface area contributed by atoms with Gasteiger partial charge in [-0.3, -0.25) is 4.79 Å². The molecule has 0 aromatic carbocycles. The summed E-state index contributed by atoms with van der Waals surface area (Å²) in [6.45, 7) is 7.06. The third-order valence-electron chi connectivity index (χ3n) is 0.860. The predicted octanol–water partition coefficient (Wildman–Crippen LogP) is 1.69. The number of alkyl halides is 1. The lowest BCUT2D eigenvalue weighted by atomic mass is 10.1. The Bertz CT molecular complexity index is 130. The van der Waals surface area contributed by atoms with Gasteiger partial charge in [-0.25, -0.2) is 0 Å². The third-order valence-corrected chi connectivity index (χ3v) is 1.48. The van der Waals surface area contributed by atoms with E-state index in [1.165, 1.54) is 13.8 Å². The Morgan fingerprint density at radius 3 is 1.75 bits per heavy atom. The number of halogens is 1. The Morgan fingerprint density at radius 1 is 1.58 bits per heavy atom. The third kappa shape index (κ3) is 12.4. The molecule has 0 rings (SSSR count). The highest BCUT2D eigenvalue weighted by Gasteiger charge is 2.19. The Hall–Kier alpha value is -0.280. The normalized spacial score (nSPS) is 10.6. The molecule has 0 radical (unpaired) electrons. The fourth-order valence-corrected chi connectivity index (χ4v) is 0. The molecular formula is C8H18ClNO2. The smallest absolute Gasteiger partial charge is 0.323 e. The summed E-state index contributed by atoms with van der Waals surface area (Å²) in [5.74, 6) is 0.448. The first-order valence-electron chi connectivity index (χ1n) is 3.80. The van der Waals surface area contributed by atoms with Crippen molar-refractivity contribution in [2.75, 3.05) is 5.88 Å². The van der Waals surface area contributed by atoms with Crippen molar-refractivity contribution in [1.82, 2.24) is 0 Å². The summed E-state index contributed by atoms with van der Waals surface area (Å²) in [4.78, 5) is 9.90. The van der Waals surface area contributed by atoms with Crippen molar-refractivity contribution in [2.45, 2.75) is 33.2 Å². The van der Waals surface area contributed by atoms with Crippen LogP contribution in [0.25, 0.3) is 0 Å². The predicted molar refractivity (Wildman–Crippen MR) is 51.5 cm³/mol. The molecule has 0 bridgehead atoms. The second-order valence-corrected chi connectivity index (χ2v) is 3.88. The van der Waals surface area contributed by atoms with Crippen LogP contribution >= 0.6 is 11.6 Å². The van der Waals surface area contributed by atoms with Gasteiger partial charge < -0.3 is 10.8 Å². The number of carboxylic acids is 1. The van der Waals surface area contributed by atoms with Gasteiger partial charge in [-0.05, 0) is 19.8 Å². The molecular weight excluding hydrogens is 178 g/mol. The number of hydrogen-bond acceptors (Lipinski definition) is 2. The minimum atomic E-state index is -1.08. The van der Waals surface area contributed by atoms with Gasteiger partial charge in [0.2, 0.25) is 0 Å². The minimum absolute atomic E-state index is 0.650. The molecule has 3 N–H and O–H groups in total. The Kier molecular flexibility index (Phi) is 7.44. The summed E-state index contributed by atoms with van der Waals surface area (Å²) in [6.07, 6.45) is 0. The zero-order chi connectivity index (χ0) is 10.4. The maximum atomic E-state index is 9.90. The van der Waals surface area contributed by atoms with Crippen LogP contribution in [0, 0.1) is 5.92 Å². The number of rotatable bonds is 2. The molecule has 12 heavy (non-hydrogen) atoms. The quantitative estimate of drug-likeness (QED) is 0.660. The molecule has 0 heterocycles. The second-order valence-electron chi connectivity index (χ2n) is 3.57. The van der Waals surface area contributed by atoms with E-state index >= 15 is 0 Å². The highest BCUT2D eigenvalue weighted by molar-refractivity contribution is 6.17. The van der Waals surface area contributed by atoms with Gasteiger partial charge in [-0.1, -0.05) is 13.8 Å². The van der Waals surface area contributed by atoms with Crippen LogP contribution < -0.4 is 5.73 Å². The summed E-state index contributed by atoms with van der Waals surface area (Å²) in [5, 5.41) is 8.12. The zero-order valence-corrected chi connectivity index (χ0v) is 8.85. The van der Waals surface area contributed by atoms with Crippen LogP contribution in [0.1, 0.15) is 27.7 Å². The van der Waals surface area contributed by atoms with Crippen LogP contribution in [0.4, 0.5) is 0 Å². The van der Waals surface area contributed by atoms with E-state index in [0.29, 0.717) is 5.92 Å². The van der Waals surface area contributed by atoms with Crippen molar-refractivity contribution >= 4 is 17.6 Å². The molecule has 0 aliphatic carbocycles. The maximum Gasteiger partial charge on any atom is 0.323 e. The number of hydrogen-bond donors (Lipinski definition) is 2. The van der Waals surface area contributed by atoms with Crippen LogP contribution in [0.5, 0.6) is 0 Å². The average Bonchev–Trinajstić information content (AvgIpc) is 1.87. The molecule has 0 spiro atoms. The SMILES string of the molecule is CC(C)(N)C(=O)O.CC(C)CCl. The molecule has 3 nitrogen and oxygen atoms in total. The van der Waals surface area contributed by atoms with Gasteiger partial charge in [0.1, 0.15) is 5.54 Å². The Labute approximate surface area is 78.9 Å². The fourth-order valence-electron chi connectivity index (χ4n) is 0. The van der Waals surface area contributed by atoms with Gasteiger partial charge in [-0.15, -0.1) is 11.6 Å². The average molecular weight is 196 g/mol. The number of nitrogens with two attached hydrogens (primary N) is 1. The van der Waals surface area contributed by atoms with Crippen molar-refractivity contribution in [2.24, 2.45) is 11.7 Å². The van der Waals surface area contributed by atoms with E-state index in [0.717, 1.165) is 5.88 Å².